The largest absolute Gasteiger partial charge is 0.455 e. The van der Waals surface area contributed by atoms with E-state index in [1.165, 1.54) is 13.3 Å². The number of methoxy groups -OCH3 is 1. The minimum absolute atomic E-state index is 0.100. The van der Waals surface area contributed by atoms with Crippen LogP contribution in [-0.2, 0) is 14.8 Å². The molecule has 0 saturated carbocycles. The van der Waals surface area contributed by atoms with Crippen molar-refractivity contribution in [3.63, 3.8) is 0 Å². The summed E-state index contributed by atoms with van der Waals surface area (Å²) in [6.07, 6.45) is 1.68. The highest BCUT2D eigenvalue weighted by Crippen LogP contribution is 2.23. The van der Waals surface area contributed by atoms with Crippen molar-refractivity contribution in [2.75, 3.05) is 19.5 Å². The van der Waals surface area contributed by atoms with Crippen molar-refractivity contribution in [1.82, 2.24) is 9.71 Å². The minimum Gasteiger partial charge on any atom is -0.455 e. The topological polar surface area (TPSA) is 94.6 Å². The number of sulfonamides is 1. The first-order valence-electron chi connectivity index (χ1n) is 7.23. The summed E-state index contributed by atoms with van der Waals surface area (Å²) in [5.41, 5.74) is -0.100. The second kappa shape index (κ2) is 8.42. The number of carbonyl (C=O) groups is 1. The van der Waals surface area contributed by atoms with Crippen LogP contribution >= 0.6 is 0 Å². The third-order valence-electron chi connectivity index (χ3n) is 2.97. The molecule has 0 aliphatic heterocycles. The number of rotatable bonds is 8. The molecule has 0 aliphatic carbocycles. The van der Waals surface area contributed by atoms with Crippen LogP contribution in [0.3, 0.4) is 0 Å². The van der Waals surface area contributed by atoms with Crippen LogP contribution in [0.25, 0.3) is 0 Å². The van der Waals surface area contributed by atoms with Gasteiger partial charge in [0.05, 0.1) is 5.75 Å². The number of pyridine rings is 1. The first-order chi connectivity index (χ1) is 11.5. The molecule has 128 valence electrons. The zero-order chi connectivity index (χ0) is 17.4. The number of hydrogen-bond donors (Lipinski definition) is 1. The van der Waals surface area contributed by atoms with Crippen molar-refractivity contribution in [3.05, 3.63) is 54.4 Å². The molecule has 0 aliphatic rings. The standard InChI is InChI=1S/C16H18N2O5S/c1-22-11-6-12-24(20,21)18-16(19)15-14(9-5-10-17-15)23-13-7-3-2-4-8-13/h2-5,7-10H,6,11-12H2,1H3,(H,18,19). The lowest BCUT2D eigenvalue weighted by Gasteiger charge is -2.10. The molecular weight excluding hydrogens is 332 g/mol. The third kappa shape index (κ3) is 5.32. The molecule has 1 N–H and O–H groups in total. The first kappa shape index (κ1) is 17.9. The number of amides is 1. The Hall–Kier alpha value is -2.45. The van der Waals surface area contributed by atoms with E-state index < -0.39 is 15.9 Å². The summed E-state index contributed by atoms with van der Waals surface area (Å²) in [5.74, 6) is -0.358. The maximum Gasteiger partial charge on any atom is 0.287 e. The Bertz CT molecular complexity index is 778. The lowest BCUT2D eigenvalue weighted by Crippen LogP contribution is -2.33. The number of nitrogens with zero attached hydrogens (tertiary/aromatic N) is 1. The summed E-state index contributed by atoms with van der Waals surface area (Å²) in [4.78, 5) is 16.2. The molecule has 7 nitrogen and oxygen atoms in total. The molecule has 0 bridgehead atoms. The predicted octanol–water partition coefficient (Wildman–Crippen LogP) is 1.97. The third-order valence-corrected chi connectivity index (χ3v) is 4.29. The van der Waals surface area contributed by atoms with Gasteiger partial charge < -0.3 is 9.47 Å². The van der Waals surface area contributed by atoms with E-state index in [0.717, 1.165) is 0 Å². The number of benzene rings is 1. The fourth-order valence-corrected chi connectivity index (χ4v) is 2.87. The average molecular weight is 350 g/mol. The van der Waals surface area contributed by atoms with E-state index in [4.69, 9.17) is 9.47 Å². The van der Waals surface area contributed by atoms with Crippen LogP contribution in [0.5, 0.6) is 11.5 Å². The molecular formula is C16H18N2O5S. The fourth-order valence-electron chi connectivity index (χ4n) is 1.89. The van der Waals surface area contributed by atoms with Gasteiger partial charge in [-0.2, -0.15) is 0 Å². The Morgan fingerprint density at radius 2 is 1.92 bits per heavy atom. The van der Waals surface area contributed by atoms with Gasteiger partial charge in [-0.05, 0) is 30.7 Å². The van der Waals surface area contributed by atoms with Gasteiger partial charge in [0, 0.05) is 19.9 Å². The van der Waals surface area contributed by atoms with Crippen molar-refractivity contribution < 1.29 is 22.7 Å². The van der Waals surface area contributed by atoms with Gasteiger partial charge in [-0.15, -0.1) is 0 Å². The Morgan fingerprint density at radius 3 is 2.62 bits per heavy atom. The quantitative estimate of drug-likeness (QED) is 0.732. The Labute approximate surface area is 140 Å². The van der Waals surface area contributed by atoms with Gasteiger partial charge in [0.1, 0.15) is 5.75 Å². The van der Waals surface area contributed by atoms with Crippen LogP contribution in [0, 0.1) is 0 Å². The molecule has 2 aromatic rings. The van der Waals surface area contributed by atoms with Crippen LogP contribution in [0.4, 0.5) is 0 Å². The molecule has 0 fully saturated rings. The minimum atomic E-state index is -3.77. The fraction of sp³-hybridized carbons (Fsp3) is 0.250. The Morgan fingerprint density at radius 1 is 1.17 bits per heavy atom. The van der Waals surface area contributed by atoms with Crippen molar-refractivity contribution >= 4 is 15.9 Å². The molecule has 24 heavy (non-hydrogen) atoms. The molecule has 0 spiro atoms. The molecule has 1 amide bonds. The molecule has 2 rings (SSSR count). The van der Waals surface area contributed by atoms with Gasteiger partial charge in [-0.3, -0.25) is 4.79 Å². The summed E-state index contributed by atoms with van der Waals surface area (Å²) < 4.78 is 36.2. The van der Waals surface area contributed by atoms with Gasteiger partial charge in [0.2, 0.25) is 10.0 Å². The number of ether oxygens (including phenoxy) is 2. The van der Waals surface area contributed by atoms with Crippen LogP contribution in [-0.4, -0.2) is 38.8 Å². The van der Waals surface area contributed by atoms with Crippen LogP contribution in [0.15, 0.2) is 48.7 Å². The summed E-state index contributed by atoms with van der Waals surface area (Å²) in [7, 11) is -2.29. The maximum absolute atomic E-state index is 12.2. The molecule has 8 heteroatoms. The van der Waals surface area contributed by atoms with E-state index in [0.29, 0.717) is 12.4 Å². The van der Waals surface area contributed by atoms with Crippen LogP contribution in [0.1, 0.15) is 16.9 Å². The summed E-state index contributed by atoms with van der Waals surface area (Å²) in [6, 6.07) is 12.0. The van der Waals surface area contributed by atoms with Crippen LogP contribution < -0.4 is 9.46 Å². The highest BCUT2D eigenvalue weighted by Gasteiger charge is 2.20. The van der Waals surface area contributed by atoms with E-state index in [1.54, 1.807) is 36.4 Å². The SMILES string of the molecule is COCCCS(=O)(=O)NC(=O)c1ncccc1Oc1ccccc1. The monoisotopic (exact) mass is 350 g/mol. The molecule has 1 aromatic carbocycles. The first-order valence-corrected chi connectivity index (χ1v) is 8.89. The Balaban J connectivity index is 2.12. The van der Waals surface area contributed by atoms with Gasteiger partial charge in [0.15, 0.2) is 11.4 Å². The number of aromatic nitrogens is 1. The predicted molar refractivity (Wildman–Crippen MR) is 88.5 cm³/mol. The van der Waals surface area contributed by atoms with E-state index in [2.05, 4.69) is 4.98 Å². The Kier molecular flexibility index (Phi) is 6.28. The van der Waals surface area contributed by atoms with E-state index in [9.17, 15) is 13.2 Å². The summed E-state index contributed by atoms with van der Waals surface area (Å²) in [6.45, 7) is 0.293. The van der Waals surface area contributed by atoms with Gasteiger partial charge in [-0.1, -0.05) is 18.2 Å². The zero-order valence-electron chi connectivity index (χ0n) is 13.1. The molecule has 0 saturated heterocycles. The molecule has 1 heterocycles. The smallest absolute Gasteiger partial charge is 0.287 e. The van der Waals surface area contributed by atoms with E-state index >= 15 is 0 Å². The second-order valence-corrected chi connectivity index (χ2v) is 6.70. The number of para-hydroxylation sites is 1. The van der Waals surface area contributed by atoms with E-state index in [-0.39, 0.29) is 23.6 Å². The van der Waals surface area contributed by atoms with E-state index in [1.807, 2.05) is 10.8 Å². The molecule has 0 atom stereocenters. The van der Waals surface area contributed by atoms with Crippen molar-refractivity contribution in [1.29, 1.82) is 0 Å². The normalized spacial score (nSPS) is 11.0. The zero-order valence-corrected chi connectivity index (χ0v) is 14.0. The molecule has 1 aromatic heterocycles. The molecule has 0 unspecified atom stereocenters. The van der Waals surface area contributed by atoms with Crippen molar-refractivity contribution in [2.45, 2.75) is 6.42 Å². The maximum atomic E-state index is 12.2. The highest BCUT2D eigenvalue weighted by atomic mass is 32.2. The summed E-state index contributed by atoms with van der Waals surface area (Å²) in [5, 5.41) is 0. The van der Waals surface area contributed by atoms with Crippen molar-refractivity contribution in [3.8, 4) is 11.5 Å². The second-order valence-electron chi connectivity index (χ2n) is 4.86. The van der Waals surface area contributed by atoms with Gasteiger partial charge in [0.25, 0.3) is 5.91 Å². The number of nitrogens with one attached hydrogen (secondary N) is 1. The lowest BCUT2D eigenvalue weighted by molar-refractivity contribution is 0.0974. The average Bonchev–Trinajstić information content (AvgIpc) is 2.56. The molecule has 0 radical (unpaired) electrons. The highest BCUT2D eigenvalue weighted by molar-refractivity contribution is 7.90. The number of carbonyl (C=O) groups excluding carboxylic acids is 1. The van der Waals surface area contributed by atoms with Crippen LogP contribution in [0.2, 0.25) is 0 Å². The lowest BCUT2D eigenvalue weighted by atomic mass is 10.3. The van der Waals surface area contributed by atoms with Crippen molar-refractivity contribution in [2.24, 2.45) is 0 Å². The number of hydrogen-bond acceptors (Lipinski definition) is 6. The van der Waals surface area contributed by atoms with Gasteiger partial charge >= 0.3 is 0 Å². The summed E-state index contributed by atoms with van der Waals surface area (Å²) >= 11 is 0. The van der Waals surface area contributed by atoms with Gasteiger partial charge in [-0.25, -0.2) is 18.1 Å².